The number of benzene rings is 3. The number of imide groups is 2. The first kappa shape index (κ1) is 30.1. The number of amides is 5. The Morgan fingerprint density at radius 3 is 2.36 bits per heavy atom. The minimum absolute atomic E-state index is 0.0355. The van der Waals surface area contributed by atoms with Crippen molar-refractivity contribution in [3.8, 4) is 11.5 Å². The van der Waals surface area contributed by atoms with E-state index >= 15 is 0 Å². The lowest BCUT2D eigenvalue weighted by molar-refractivity contribution is -0.122. The second-order valence-electron chi connectivity index (χ2n) is 8.58. The van der Waals surface area contributed by atoms with E-state index in [0.29, 0.717) is 10.7 Å². The number of nitrogens with zero attached hydrogens (tertiary/aromatic N) is 1. The number of esters is 1. The summed E-state index contributed by atoms with van der Waals surface area (Å²) < 4.78 is 15.9. The van der Waals surface area contributed by atoms with Crippen molar-refractivity contribution in [3.63, 3.8) is 0 Å². The lowest BCUT2D eigenvalue weighted by Gasteiger charge is -2.26. The summed E-state index contributed by atoms with van der Waals surface area (Å²) in [5.41, 5.74) is 0.659. The molecular weight excluding hydrogens is 589 g/mol. The van der Waals surface area contributed by atoms with Crippen LogP contribution in [0, 0.1) is 0 Å². The lowest BCUT2D eigenvalue weighted by Crippen LogP contribution is -2.54. The van der Waals surface area contributed by atoms with Crippen molar-refractivity contribution in [1.29, 1.82) is 0 Å². The summed E-state index contributed by atoms with van der Waals surface area (Å²) >= 11 is 12.5. The van der Waals surface area contributed by atoms with E-state index in [1.165, 1.54) is 49.6 Å². The normalized spacial score (nSPS) is 14.0. The van der Waals surface area contributed by atoms with Crippen LogP contribution >= 0.6 is 23.2 Å². The highest BCUT2D eigenvalue weighted by Gasteiger charge is 2.37. The van der Waals surface area contributed by atoms with Crippen LogP contribution in [-0.2, 0) is 19.1 Å². The van der Waals surface area contributed by atoms with E-state index < -0.39 is 36.3 Å². The molecule has 0 unspecified atom stereocenters. The standard InChI is InChI=1S/C29H23Cl2N3O8/c1-3-41-23-14-16(13-21(31)25(23)42-15-24(35)32-22-7-5-4-6-20(22)30)12-19-26(36)33-29(39)34(27(19)37)18-10-8-17(9-11-18)28(38)40-2/h4-14H,3,15H2,1-2H3,(H,32,35)(H,33,36,39)/b19-12-. The third-order valence-electron chi connectivity index (χ3n) is 5.79. The second-order valence-corrected chi connectivity index (χ2v) is 9.39. The van der Waals surface area contributed by atoms with Crippen LogP contribution in [0.3, 0.4) is 0 Å². The van der Waals surface area contributed by atoms with E-state index in [1.807, 2.05) is 0 Å². The van der Waals surface area contributed by atoms with E-state index in [1.54, 1.807) is 31.2 Å². The van der Waals surface area contributed by atoms with Crippen LogP contribution in [0.15, 0.2) is 66.2 Å². The monoisotopic (exact) mass is 611 g/mol. The first-order valence-electron chi connectivity index (χ1n) is 12.4. The molecule has 2 N–H and O–H groups in total. The molecule has 0 radical (unpaired) electrons. The summed E-state index contributed by atoms with van der Waals surface area (Å²) in [4.78, 5) is 63.4. The Hall–Kier alpha value is -4.87. The van der Waals surface area contributed by atoms with E-state index in [-0.39, 0.29) is 45.5 Å². The van der Waals surface area contributed by atoms with Gasteiger partial charge in [0.2, 0.25) is 0 Å². The smallest absolute Gasteiger partial charge is 0.337 e. The highest BCUT2D eigenvalue weighted by atomic mass is 35.5. The van der Waals surface area contributed by atoms with Gasteiger partial charge in [-0.05, 0) is 67.1 Å². The van der Waals surface area contributed by atoms with Crippen LogP contribution < -0.4 is 25.0 Å². The Bertz CT molecular complexity index is 1600. The fourth-order valence-electron chi connectivity index (χ4n) is 3.88. The van der Waals surface area contributed by atoms with E-state index in [4.69, 9.17) is 32.7 Å². The quantitative estimate of drug-likeness (QED) is 0.198. The van der Waals surface area contributed by atoms with Crippen LogP contribution in [-0.4, -0.2) is 50.0 Å². The number of methoxy groups -OCH3 is 1. The minimum Gasteiger partial charge on any atom is -0.490 e. The summed E-state index contributed by atoms with van der Waals surface area (Å²) in [6.45, 7) is 1.51. The summed E-state index contributed by atoms with van der Waals surface area (Å²) in [6.07, 6.45) is 1.24. The van der Waals surface area contributed by atoms with Crippen molar-refractivity contribution < 1.29 is 38.2 Å². The lowest BCUT2D eigenvalue weighted by atomic mass is 10.1. The topological polar surface area (TPSA) is 140 Å². The maximum absolute atomic E-state index is 13.3. The van der Waals surface area contributed by atoms with Crippen molar-refractivity contribution in [2.45, 2.75) is 6.92 Å². The van der Waals surface area contributed by atoms with Gasteiger partial charge >= 0.3 is 12.0 Å². The zero-order valence-electron chi connectivity index (χ0n) is 22.2. The maximum atomic E-state index is 13.3. The third-order valence-corrected chi connectivity index (χ3v) is 6.40. The zero-order chi connectivity index (χ0) is 30.4. The van der Waals surface area contributed by atoms with Gasteiger partial charge < -0.3 is 19.5 Å². The van der Waals surface area contributed by atoms with Gasteiger partial charge in [0, 0.05) is 0 Å². The average Bonchev–Trinajstić information content (AvgIpc) is 2.96. The van der Waals surface area contributed by atoms with Gasteiger partial charge in [0.25, 0.3) is 17.7 Å². The molecule has 42 heavy (non-hydrogen) atoms. The molecule has 216 valence electrons. The van der Waals surface area contributed by atoms with Crippen LogP contribution in [0.25, 0.3) is 6.08 Å². The molecule has 3 aromatic carbocycles. The molecule has 5 amide bonds. The van der Waals surface area contributed by atoms with Crippen molar-refractivity contribution in [3.05, 3.63) is 87.4 Å². The summed E-state index contributed by atoms with van der Waals surface area (Å²) in [7, 11) is 1.22. The number of hydrogen-bond donors (Lipinski definition) is 2. The van der Waals surface area contributed by atoms with Gasteiger partial charge in [0.05, 0.1) is 40.7 Å². The van der Waals surface area contributed by atoms with Crippen LogP contribution in [0.4, 0.5) is 16.2 Å². The minimum atomic E-state index is -0.958. The number of nitrogens with one attached hydrogen (secondary N) is 2. The molecule has 1 aliphatic rings. The number of rotatable bonds is 9. The van der Waals surface area contributed by atoms with Crippen molar-refractivity contribution in [2.24, 2.45) is 0 Å². The third kappa shape index (κ3) is 6.70. The van der Waals surface area contributed by atoms with Crippen LogP contribution in [0.1, 0.15) is 22.8 Å². The van der Waals surface area contributed by atoms with Gasteiger partial charge in [-0.25, -0.2) is 14.5 Å². The zero-order valence-corrected chi connectivity index (χ0v) is 23.7. The first-order valence-corrected chi connectivity index (χ1v) is 13.1. The van der Waals surface area contributed by atoms with Crippen LogP contribution in [0.2, 0.25) is 10.0 Å². The molecule has 0 bridgehead atoms. The van der Waals surface area contributed by atoms with Gasteiger partial charge in [-0.3, -0.25) is 19.7 Å². The van der Waals surface area contributed by atoms with Gasteiger partial charge in [-0.15, -0.1) is 0 Å². The second kappa shape index (κ2) is 13.2. The molecule has 1 fully saturated rings. The summed E-state index contributed by atoms with van der Waals surface area (Å²) in [5.74, 6) is -2.70. The Balaban J connectivity index is 1.58. The largest absolute Gasteiger partial charge is 0.490 e. The number of ether oxygens (including phenoxy) is 3. The molecule has 13 heteroatoms. The molecule has 4 rings (SSSR count). The summed E-state index contributed by atoms with van der Waals surface area (Å²) in [5, 5.41) is 5.15. The molecular formula is C29H23Cl2N3O8. The molecule has 0 spiro atoms. The number of urea groups is 1. The van der Waals surface area contributed by atoms with Crippen LogP contribution in [0.5, 0.6) is 11.5 Å². The predicted molar refractivity (Wildman–Crippen MR) is 155 cm³/mol. The van der Waals surface area contributed by atoms with E-state index in [2.05, 4.69) is 15.4 Å². The van der Waals surface area contributed by atoms with Gasteiger partial charge in [-0.1, -0.05) is 35.3 Å². The van der Waals surface area contributed by atoms with E-state index in [0.717, 1.165) is 4.90 Å². The number of halogens is 2. The molecule has 1 saturated heterocycles. The van der Waals surface area contributed by atoms with Gasteiger partial charge in [0.15, 0.2) is 18.1 Å². The highest BCUT2D eigenvalue weighted by Crippen LogP contribution is 2.38. The Labute approximate surface area is 249 Å². The molecule has 0 saturated carbocycles. The Morgan fingerprint density at radius 2 is 1.69 bits per heavy atom. The molecule has 3 aromatic rings. The molecule has 0 atom stereocenters. The summed E-state index contributed by atoms with van der Waals surface area (Å²) in [6, 6.07) is 14.1. The van der Waals surface area contributed by atoms with Gasteiger partial charge in [0.1, 0.15) is 5.57 Å². The predicted octanol–water partition coefficient (Wildman–Crippen LogP) is 4.86. The molecule has 0 aromatic heterocycles. The highest BCUT2D eigenvalue weighted by molar-refractivity contribution is 6.39. The fraction of sp³-hybridized carbons (Fsp3) is 0.138. The number of carbonyl (C=O) groups excluding carboxylic acids is 5. The number of para-hydroxylation sites is 1. The molecule has 1 aliphatic heterocycles. The first-order chi connectivity index (χ1) is 20.1. The molecule has 0 aliphatic carbocycles. The molecule has 11 nitrogen and oxygen atoms in total. The maximum Gasteiger partial charge on any atom is 0.337 e. The Morgan fingerprint density at radius 1 is 0.976 bits per heavy atom. The average molecular weight is 612 g/mol. The van der Waals surface area contributed by atoms with Gasteiger partial charge in [-0.2, -0.15) is 0 Å². The van der Waals surface area contributed by atoms with Crippen molar-refractivity contribution >= 4 is 70.4 Å². The van der Waals surface area contributed by atoms with Crippen molar-refractivity contribution in [2.75, 3.05) is 30.5 Å². The number of carbonyl (C=O) groups is 5. The molecule has 1 heterocycles. The SMILES string of the molecule is CCOc1cc(/C=C2/C(=O)NC(=O)N(c3ccc(C(=O)OC)cc3)C2=O)cc(Cl)c1OCC(=O)Nc1ccccc1Cl. The van der Waals surface area contributed by atoms with Crippen molar-refractivity contribution in [1.82, 2.24) is 5.32 Å². The fourth-order valence-corrected chi connectivity index (χ4v) is 4.34. The Kier molecular flexibility index (Phi) is 9.46. The number of anilines is 2. The number of hydrogen-bond acceptors (Lipinski definition) is 8. The number of barbiturate groups is 1. The van der Waals surface area contributed by atoms with E-state index in [9.17, 15) is 24.0 Å².